The van der Waals surface area contributed by atoms with Gasteiger partial charge in [-0.1, -0.05) is 6.92 Å². The van der Waals surface area contributed by atoms with E-state index in [2.05, 4.69) is 39.3 Å². The topological polar surface area (TPSA) is 53.1 Å². The standard InChI is InChI=1S/C13H23N5/c1-3-15-12-8-14-9-13(17-12)16-11-6-5-7-18(4-2)10-11/h8-9,11H,3-7,10H2,1-2H3,(H2,15,16,17). The molecule has 0 saturated carbocycles. The highest BCUT2D eigenvalue weighted by molar-refractivity contribution is 5.42. The molecule has 1 aliphatic rings. The Balaban J connectivity index is 1.93. The maximum absolute atomic E-state index is 4.50. The van der Waals surface area contributed by atoms with Gasteiger partial charge < -0.3 is 15.5 Å². The van der Waals surface area contributed by atoms with Crippen LogP contribution in [0.5, 0.6) is 0 Å². The largest absolute Gasteiger partial charge is 0.369 e. The Hall–Kier alpha value is -1.36. The summed E-state index contributed by atoms with van der Waals surface area (Å²) in [6.45, 7) is 8.59. The van der Waals surface area contributed by atoms with Gasteiger partial charge in [0, 0.05) is 19.1 Å². The molecule has 0 radical (unpaired) electrons. The van der Waals surface area contributed by atoms with Crippen LogP contribution in [0, 0.1) is 0 Å². The fourth-order valence-corrected chi connectivity index (χ4v) is 2.37. The molecule has 1 aliphatic heterocycles. The van der Waals surface area contributed by atoms with E-state index in [0.29, 0.717) is 6.04 Å². The van der Waals surface area contributed by atoms with Gasteiger partial charge in [0.05, 0.1) is 12.4 Å². The molecule has 0 aromatic carbocycles. The lowest BCUT2D eigenvalue weighted by molar-refractivity contribution is 0.226. The van der Waals surface area contributed by atoms with E-state index in [1.54, 1.807) is 12.4 Å². The van der Waals surface area contributed by atoms with E-state index in [1.165, 1.54) is 19.4 Å². The number of hydrogen-bond donors (Lipinski definition) is 2. The molecule has 1 saturated heterocycles. The minimum Gasteiger partial charge on any atom is -0.369 e. The first-order valence-electron chi connectivity index (χ1n) is 6.86. The van der Waals surface area contributed by atoms with Crippen molar-refractivity contribution in [1.29, 1.82) is 0 Å². The summed E-state index contributed by atoms with van der Waals surface area (Å²) in [5.74, 6) is 1.71. The van der Waals surface area contributed by atoms with Gasteiger partial charge in [-0.15, -0.1) is 0 Å². The smallest absolute Gasteiger partial charge is 0.147 e. The van der Waals surface area contributed by atoms with Gasteiger partial charge in [-0.2, -0.15) is 0 Å². The Kier molecular flexibility index (Phi) is 4.75. The predicted molar refractivity (Wildman–Crippen MR) is 75.0 cm³/mol. The van der Waals surface area contributed by atoms with E-state index < -0.39 is 0 Å². The molecule has 0 aliphatic carbocycles. The Bertz CT molecular complexity index is 368. The first kappa shape index (κ1) is 13.1. The van der Waals surface area contributed by atoms with E-state index in [9.17, 15) is 0 Å². The van der Waals surface area contributed by atoms with Gasteiger partial charge in [0.15, 0.2) is 0 Å². The van der Waals surface area contributed by atoms with Gasteiger partial charge in [0.2, 0.25) is 0 Å². The van der Waals surface area contributed by atoms with Crippen LogP contribution in [0.15, 0.2) is 12.4 Å². The van der Waals surface area contributed by atoms with Crippen molar-refractivity contribution in [2.24, 2.45) is 0 Å². The van der Waals surface area contributed by atoms with Gasteiger partial charge in [0.1, 0.15) is 11.6 Å². The summed E-state index contributed by atoms with van der Waals surface area (Å²) >= 11 is 0. The summed E-state index contributed by atoms with van der Waals surface area (Å²) in [5, 5.41) is 6.67. The van der Waals surface area contributed by atoms with Gasteiger partial charge in [-0.05, 0) is 32.9 Å². The third-order valence-corrected chi connectivity index (χ3v) is 3.30. The second-order valence-corrected chi connectivity index (χ2v) is 4.70. The highest BCUT2D eigenvalue weighted by Crippen LogP contribution is 2.15. The number of nitrogens with zero attached hydrogens (tertiary/aromatic N) is 3. The fourth-order valence-electron chi connectivity index (χ4n) is 2.37. The molecule has 18 heavy (non-hydrogen) atoms. The molecule has 5 heteroatoms. The van der Waals surface area contributed by atoms with Gasteiger partial charge in [0.25, 0.3) is 0 Å². The SMILES string of the molecule is CCNc1cncc(NC2CCCN(CC)C2)n1. The normalized spacial score (nSPS) is 20.7. The zero-order valence-corrected chi connectivity index (χ0v) is 11.3. The molecule has 1 fully saturated rings. The molecule has 1 aromatic rings. The van der Waals surface area contributed by atoms with Gasteiger partial charge in [-0.25, -0.2) is 4.98 Å². The van der Waals surface area contributed by atoms with Crippen molar-refractivity contribution in [3.63, 3.8) is 0 Å². The number of piperidine rings is 1. The Morgan fingerprint density at radius 3 is 2.94 bits per heavy atom. The Morgan fingerprint density at radius 2 is 2.17 bits per heavy atom. The summed E-state index contributed by atoms with van der Waals surface area (Å²) in [7, 11) is 0. The summed E-state index contributed by atoms with van der Waals surface area (Å²) < 4.78 is 0. The van der Waals surface area contributed by atoms with Crippen molar-refractivity contribution in [3.05, 3.63) is 12.4 Å². The van der Waals surface area contributed by atoms with E-state index in [-0.39, 0.29) is 0 Å². The maximum atomic E-state index is 4.50. The maximum Gasteiger partial charge on any atom is 0.147 e. The van der Waals surface area contributed by atoms with Crippen molar-refractivity contribution >= 4 is 11.6 Å². The van der Waals surface area contributed by atoms with E-state index in [0.717, 1.165) is 31.3 Å². The van der Waals surface area contributed by atoms with Gasteiger partial charge >= 0.3 is 0 Å². The monoisotopic (exact) mass is 249 g/mol. The molecular formula is C13H23N5. The molecule has 0 bridgehead atoms. The fraction of sp³-hybridized carbons (Fsp3) is 0.692. The number of hydrogen-bond acceptors (Lipinski definition) is 5. The Labute approximate surface area is 109 Å². The zero-order valence-electron chi connectivity index (χ0n) is 11.3. The van der Waals surface area contributed by atoms with Crippen LogP contribution in [0.4, 0.5) is 11.6 Å². The number of nitrogens with one attached hydrogen (secondary N) is 2. The summed E-state index contributed by atoms with van der Waals surface area (Å²) in [6.07, 6.45) is 6.02. The average Bonchev–Trinajstić information content (AvgIpc) is 2.40. The molecule has 100 valence electrons. The molecular weight excluding hydrogens is 226 g/mol. The molecule has 2 heterocycles. The van der Waals surface area contributed by atoms with Gasteiger partial charge in [-0.3, -0.25) is 4.98 Å². The molecule has 2 N–H and O–H groups in total. The molecule has 0 amide bonds. The van der Waals surface area contributed by atoms with Crippen LogP contribution in [0.1, 0.15) is 26.7 Å². The first-order chi connectivity index (χ1) is 8.81. The van der Waals surface area contributed by atoms with E-state index in [1.807, 2.05) is 0 Å². The Morgan fingerprint density at radius 1 is 1.33 bits per heavy atom. The number of aromatic nitrogens is 2. The molecule has 1 aromatic heterocycles. The minimum atomic E-state index is 0.491. The average molecular weight is 249 g/mol. The quantitative estimate of drug-likeness (QED) is 0.833. The first-order valence-corrected chi connectivity index (χ1v) is 6.86. The van der Waals surface area contributed by atoms with Crippen molar-refractivity contribution < 1.29 is 0 Å². The van der Waals surface area contributed by atoms with Crippen molar-refractivity contribution in [1.82, 2.24) is 14.9 Å². The van der Waals surface area contributed by atoms with Crippen molar-refractivity contribution in [2.45, 2.75) is 32.7 Å². The van der Waals surface area contributed by atoms with Crippen LogP contribution in [0.3, 0.4) is 0 Å². The van der Waals surface area contributed by atoms with E-state index in [4.69, 9.17) is 0 Å². The van der Waals surface area contributed by atoms with Crippen LogP contribution < -0.4 is 10.6 Å². The molecule has 1 atom stereocenters. The highest BCUT2D eigenvalue weighted by atomic mass is 15.2. The summed E-state index contributed by atoms with van der Waals surface area (Å²) in [6, 6.07) is 0.491. The molecule has 2 rings (SSSR count). The number of anilines is 2. The molecule has 0 spiro atoms. The summed E-state index contributed by atoms with van der Waals surface area (Å²) in [5.41, 5.74) is 0. The predicted octanol–water partition coefficient (Wildman–Crippen LogP) is 1.80. The minimum absolute atomic E-state index is 0.491. The van der Waals surface area contributed by atoms with Crippen LogP contribution in [0.25, 0.3) is 0 Å². The second-order valence-electron chi connectivity index (χ2n) is 4.70. The lowest BCUT2D eigenvalue weighted by atomic mass is 10.1. The molecule has 5 nitrogen and oxygen atoms in total. The third kappa shape index (κ3) is 3.57. The highest BCUT2D eigenvalue weighted by Gasteiger charge is 2.18. The van der Waals surface area contributed by atoms with Crippen LogP contribution in [-0.2, 0) is 0 Å². The number of likely N-dealkylation sites (N-methyl/N-ethyl adjacent to an activating group) is 1. The lowest BCUT2D eigenvalue weighted by Crippen LogP contribution is -2.42. The number of likely N-dealkylation sites (tertiary alicyclic amines) is 1. The van der Waals surface area contributed by atoms with Crippen LogP contribution in [-0.4, -0.2) is 47.1 Å². The van der Waals surface area contributed by atoms with Crippen molar-refractivity contribution in [2.75, 3.05) is 36.8 Å². The van der Waals surface area contributed by atoms with Crippen molar-refractivity contribution in [3.8, 4) is 0 Å². The second kappa shape index (κ2) is 6.54. The lowest BCUT2D eigenvalue weighted by Gasteiger charge is -2.32. The van der Waals surface area contributed by atoms with E-state index >= 15 is 0 Å². The summed E-state index contributed by atoms with van der Waals surface area (Å²) in [4.78, 5) is 11.2. The molecule has 1 unspecified atom stereocenters. The van der Waals surface area contributed by atoms with Crippen LogP contribution >= 0.6 is 0 Å². The van der Waals surface area contributed by atoms with Crippen LogP contribution in [0.2, 0.25) is 0 Å². The third-order valence-electron chi connectivity index (χ3n) is 3.30. The zero-order chi connectivity index (χ0) is 12.8. The number of rotatable bonds is 5.